The van der Waals surface area contributed by atoms with Crippen LogP contribution in [0.25, 0.3) is 0 Å². The molecular formula is C16H20N2O2. The van der Waals surface area contributed by atoms with E-state index in [2.05, 4.69) is 0 Å². The van der Waals surface area contributed by atoms with E-state index < -0.39 is 0 Å². The number of hydrogen-bond donors (Lipinski definition) is 0. The van der Waals surface area contributed by atoms with Gasteiger partial charge < -0.3 is 14.2 Å². The normalized spacial score (nSPS) is 12.0. The van der Waals surface area contributed by atoms with Gasteiger partial charge in [-0.15, -0.1) is 0 Å². The first kappa shape index (κ1) is 14.2. The molecule has 0 aliphatic carbocycles. The minimum atomic E-state index is -0.0615. The van der Waals surface area contributed by atoms with Crippen molar-refractivity contribution in [1.29, 1.82) is 0 Å². The number of para-hydroxylation sites is 1. The molecule has 1 aromatic carbocycles. The summed E-state index contributed by atoms with van der Waals surface area (Å²) in [5.41, 5.74) is 1.68. The van der Waals surface area contributed by atoms with Crippen LogP contribution in [0.5, 0.6) is 5.75 Å². The second kappa shape index (κ2) is 5.82. The number of methoxy groups -OCH3 is 1. The molecule has 2 rings (SSSR count). The summed E-state index contributed by atoms with van der Waals surface area (Å²) in [5, 5.41) is 0. The molecule has 1 amide bonds. The molecule has 4 heteroatoms. The van der Waals surface area contributed by atoms with Crippen molar-refractivity contribution >= 4 is 5.91 Å². The second-order valence-electron chi connectivity index (χ2n) is 4.84. The average Bonchev–Trinajstić information content (AvgIpc) is 2.91. The van der Waals surface area contributed by atoms with Crippen LogP contribution in [0.4, 0.5) is 0 Å². The van der Waals surface area contributed by atoms with E-state index in [0.29, 0.717) is 5.69 Å². The van der Waals surface area contributed by atoms with Crippen molar-refractivity contribution in [3.05, 3.63) is 53.9 Å². The molecule has 0 N–H and O–H groups in total. The first-order valence-corrected chi connectivity index (χ1v) is 6.57. The maximum Gasteiger partial charge on any atom is 0.270 e. The molecule has 4 nitrogen and oxygen atoms in total. The van der Waals surface area contributed by atoms with Crippen molar-refractivity contribution in [1.82, 2.24) is 9.47 Å². The Bertz CT molecular complexity index is 604. The molecule has 0 bridgehead atoms. The number of aromatic nitrogens is 1. The van der Waals surface area contributed by atoms with Crippen molar-refractivity contribution < 1.29 is 9.53 Å². The number of carbonyl (C=O) groups is 1. The van der Waals surface area contributed by atoms with Crippen LogP contribution in [0.1, 0.15) is 29.0 Å². The third-order valence-electron chi connectivity index (χ3n) is 3.65. The van der Waals surface area contributed by atoms with Crippen LogP contribution in [-0.2, 0) is 7.05 Å². The van der Waals surface area contributed by atoms with Gasteiger partial charge in [-0.25, -0.2) is 0 Å². The zero-order valence-corrected chi connectivity index (χ0v) is 12.3. The highest BCUT2D eigenvalue weighted by Crippen LogP contribution is 2.28. The summed E-state index contributed by atoms with van der Waals surface area (Å²) in [6, 6.07) is 11.4. The van der Waals surface area contributed by atoms with Crippen LogP contribution >= 0.6 is 0 Å². The molecule has 106 valence electrons. The van der Waals surface area contributed by atoms with Crippen LogP contribution in [0.3, 0.4) is 0 Å². The Balaban J connectivity index is 2.27. The Hall–Kier alpha value is -2.23. The predicted octanol–water partition coefficient (Wildman–Crippen LogP) is 2.87. The van der Waals surface area contributed by atoms with Gasteiger partial charge in [0.05, 0.1) is 13.2 Å². The molecule has 1 unspecified atom stereocenters. The van der Waals surface area contributed by atoms with Crippen molar-refractivity contribution in [2.75, 3.05) is 14.2 Å². The van der Waals surface area contributed by atoms with Crippen molar-refractivity contribution in [3.63, 3.8) is 0 Å². The van der Waals surface area contributed by atoms with E-state index in [1.54, 1.807) is 12.0 Å². The number of hydrogen-bond acceptors (Lipinski definition) is 2. The van der Waals surface area contributed by atoms with Gasteiger partial charge in [-0.3, -0.25) is 4.79 Å². The molecule has 0 aliphatic heterocycles. The Morgan fingerprint density at radius 3 is 2.55 bits per heavy atom. The Kier molecular flexibility index (Phi) is 4.13. The topological polar surface area (TPSA) is 34.5 Å². The van der Waals surface area contributed by atoms with Gasteiger partial charge in [0.1, 0.15) is 11.4 Å². The molecular weight excluding hydrogens is 252 g/mol. The van der Waals surface area contributed by atoms with Gasteiger partial charge in [-0.1, -0.05) is 18.2 Å². The van der Waals surface area contributed by atoms with Crippen LogP contribution in [0, 0.1) is 0 Å². The zero-order valence-electron chi connectivity index (χ0n) is 12.3. The fourth-order valence-corrected chi connectivity index (χ4v) is 2.26. The van der Waals surface area contributed by atoms with Gasteiger partial charge in [-0.2, -0.15) is 0 Å². The minimum absolute atomic E-state index is 0.00379. The Labute approximate surface area is 119 Å². The molecule has 0 saturated carbocycles. The van der Waals surface area contributed by atoms with Gasteiger partial charge in [0.2, 0.25) is 0 Å². The number of nitrogens with zero attached hydrogens (tertiary/aromatic N) is 2. The minimum Gasteiger partial charge on any atom is -0.496 e. The summed E-state index contributed by atoms with van der Waals surface area (Å²) in [6.45, 7) is 2.00. The lowest BCUT2D eigenvalue weighted by Crippen LogP contribution is -2.31. The van der Waals surface area contributed by atoms with Crippen LogP contribution in [-0.4, -0.2) is 29.5 Å². The summed E-state index contributed by atoms with van der Waals surface area (Å²) in [7, 11) is 5.33. The largest absolute Gasteiger partial charge is 0.496 e. The molecule has 0 radical (unpaired) electrons. The van der Waals surface area contributed by atoms with Gasteiger partial charge in [0, 0.05) is 25.9 Å². The van der Waals surface area contributed by atoms with E-state index in [4.69, 9.17) is 4.74 Å². The number of aryl methyl sites for hydroxylation is 1. The molecule has 0 aliphatic rings. The highest BCUT2D eigenvalue weighted by molar-refractivity contribution is 5.92. The summed E-state index contributed by atoms with van der Waals surface area (Å²) in [6.07, 6.45) is 1.87. The lowest BCUT2D eigenvalue weighted by molar-refractivity contribution is 0.0731. The van der Waals surface area contributed by atoms with E-state index in [-0.39, 0.29) is 11.9 Å². The molecule has 1 atom stereocenters. The van der Waals surface area contributed by atoms with Crippen molar-refractivity contribution in [3.8, 4) is 5.75 Å². The monoisotopic (exact) mass is 272 g/mol. The summed E-state index contributed by atoms with van der Waals surface area (Å²) in [4.78, 5) is 14.2. The maximum atomic E-state index is 12.5. The number of amides is 1. The smallest absolute Gasteiger partial charge is 0.270 e. The third kappa shape index (κ3) is 2.54. The quantitative estimate of drug-likeness (QED) is 0.857. The molecule has 0 saturated heterocycles. The van der Waals surface area contributed by atoms with E-state index in [9.17, 15) is 4.79 Å². The maximum absolute atomic E-state index is 12.5. The number of carbonyl (C=O) groups excluding carboxylic acids is 1. The summed E-state index contributed by atoms with van der Waals surface area (Å²) >= 11 is 0. The fourth-order valence-electron chi connectivity index (χ4n) is 2.26. The molecule has 20 heavy (non-hydrogen) atoms. The Morgan fingerprint density at radius 2 is 1.95 bits per heavy atom. The summed E-state index contributed by atoms with van der Waals surface area (Å²) in [5.74, 6) is 0.794. The van der Waals surface area contributed by atoms with Gasteiger partial charge in [0.25, 0.3) is 5.91 Å². The fraction of sp³-hybridized carbons (Fsp3) is 0.312. The molecule has 2 aromatic rings. The van der Waals surface area contributed by atoms with Crippen LogP contribution in [0.15, 0.2) is 42.6 Å². The second-order valence-corrected chi connectivity index (χ2v) is 4.84. The lowest BCUT2D eigenvalue weighted by atomic mass is 10.1. The van der Waals surface area contributed by atoms with Crippen molar-refractivity contribution in [2.24, 2.45) is 7.05 Å². The number of benzene rings is 1. The number of rotatable bonds is 4. The van der Waals surface area contributed by atoms with E-state index in [1.807, 2.05) is 68.2 Å². The van der Waals surface area contributed by atoms with Crippen LogP contribution in [0.2, 0.25) is 0 Å². The van der Waals surface area contributed by atoms with Gasteiger partial charge in [-0.05, 0) is 25.1 Å². The third-order valence-corrected chi connectivity index (χ3v) is 3.65. The molecule has 1 heterocycles. The Morgan fingerprint density at radius 1 is 1.25 bits per heavy atom. The SMILES string of the molecule is COc1ccccc1C(C)N(C)C(=O)c1cccn1C. The predicted molar refractivity (Wildman–Crippen MR) is 78.9 cm³/mol. The van der Waals surface area contributed by atoms with E-state index in [0.717, 1.165) is 11.3 Å². The van der Waals surface area contributed by atoms with E-state index >= 15 is 0 Å². The van der Waals surface area contributed by atoms with E-state index in [1.165, 1.54) is 0 Å². The van der Waals surface area contributed by atoms with Gasteiger partial charge in [0.15, 0.2) is 0 Å². The summed E-state index contributed by atoms with van der Waals surface area (Å²) < 4.78 is 7.19. The van der Waals surface area contributed by atoms with Crippen LogP contribution < -0.4 is 4.74 Å². The standard InChI is InChI=1S/C16H20N2O2/c1-12(13-8-5-6-10-15(13)20-4)18(3)16(19)14-9-7-11-17(14)2/h5-12H,1-4H3. The first-order valence-electron chi connectivity index (χ1n) is 6.57. The highest BCUT2D eigenvalue weighted by atomic mass is 16.5. The first-order chi connectivity index (χ1) is 9.56. The van der Waals surface area contributed by atoms with Crippen molar-refractivity contribution in [2.45, 2.75) is 13.0 Å². The molecule has 0 fully saturated rings. The average molecular weight is 272 g/mol. The number of ether oxygens (including phenoxy) is 1. The molecule has 1 aromatic heterocycles. The zero-order chi connectivity index (χ0) is 14.7. The van der Waals surface area contributed by atoms with Gasteiger partial charge >= 0.3 is 0 Å². The highest BCUT2D eigenvalue weighted by Gasteiger charge is 2.22. The molecule has 0 spiro atoms. The lowest BCUT2D eigenvalue weighted by Gasteiger charge is -2.26.